The lowest BCUT2D eigenvalue weighted by Crippen LogP contribution is -2.28. The molecule has 2 heterocycles. The van der Waals surface area contributed by atoms with Crippen molar-refractivity contribution in [3.63, 3.8) is 0 Å². The quantitative estimate of drug-likeness (QED) is 0.495. The van der Waals surface area contributed by atoms with Crippen molar-refractivity contribution in [2.75, 3.05) is 20.2 Å². The van der Waals surface area contributed by atoms with Gasteiger partial charge in [-0.2, -0.15) is 0 Å². The molecule has 0 aromatic carbocycles. The third-order valence-electron chi connectivity index (χ3n) is 2.76. The van der Waals surface area contributed by atoms with Gasteiger partial charge in [-0.15, -0.1) is 0 Å². The minimum atomic E-state index is 0.118. The molecule has 3 heteroatoms. The van der Waals surface area contributed by atoms with E-state index in [1.165, 1.54) is 0 Å². The summed E-state index contributed by atoms with van der Waals surface area (Å²) in [5.74, 6) is 0.118. The fraction of sp³-hybridized carbons (Fsp3) is 0.875. The molecule has 2 rings (SSSR count). The van der Waals surface area contributed by atoms with Crippen molar-refractivity contribution in [2.24, 2.45) is 5.92 Å². The lowest BCUT2D eigenvalue weighted by molar-refractivity contribution is -0.113. The number of likely N-dealkylation sites (tertiary alicyclic amines) is 1. The first-order valence-corrected chi connectivity index (χ1v) is 4.10. The van der Waals surface area contributed by atoms with Crippen molar-refractivity contribution in [3.8, 4) is 0 Å². The van der Waals surface area contributed by atoms with Crippen LogP contribution < -0.4 is 0 Å². The van der Waals surface area contributed by atoms with E-state index in [0.29, 0.717) is 6.04 Å². The Morgan fingerprint density at radius 2 is 2.45 bits per heavy atom. The number of likely N-dealkylation sites (N-methyl/N-ethyl adjacent to an activating group) is 1. The Hall–Kier alpha value is -0.410. The van der Waals surface area contributed by atoms with Gasteiger partial charge >= 0.3 is 0 Å². The first kappa shape index (κ1) is 7.25. The van der Waals surface area contributed by atoms with Crippen molar-refractivity contribution < 1.29 is 9.53 Å². The first-order valence-electron chi connectivity index (χ1n) is 4.10. The number of fused-ring (bicyclic) bond motifs is 1. The van der Waals surface area contributed by atoms with Crippen molar-refractivity contribution >= 4 is 6.29 Å². The molecule has 2 aliphatic rings. The molecule has 0 aromatic rings. The standard InChI is InChI=1S/C8H13NO2/c1-9-4-6(5-10)8-7(9)2-3-11-8/h5-8H,2-4H2,1H3. The van der Waals surface area contributed by atoms with Gasteiger partial charge < -0.3 is 9.53 Å². The van der Waals surface area contributed by atoms with E-state index in [2.05, 4.69) is 11.9 Å². The second-order valence-electron chi connectivity index (χ2n) is 3.43. The summed E-state index contributed by atoms with van der Waals surface area (Å²) in [6.07, 6.45) is 2.32. The van der Waals surface area contributed by atoms with Crippen LogP contribution in [0.15, 0.2) is 0 Å². The number of carbonyl (C=O) groups is 1. The summed E-state index contributed by atoms with van der Waals surface area (Å²) in [7, 11) is 2.07. The maximum Gasteiger partial charge on any atom is 0.127 e. The molecule has 2 fully saturated rings. The van der Waals surface area contributed by atoms with Crippen molar-refractivity contribution in [2.45, 2.75) is 18.6 Å². The molecule has 2 saturated heterocycles. The largest absolute Gasteiger partial charge is 0.376 e. The van der Waals surface area contributed by atoms with Crippen LogP contribution >= 0.6 is 0 Å². The van der Waals surface area contributed by atoms with Crippen LogP contribution in [0.25, 0.3) is 0 Å². The monoisotopic (exact) mass is 155 g/mol. The Morgan fingerprint density at radius 1 is 1.64 bits per heavy atom. The highest BCUT2D eigenvalue weighted by molar-refractivity contribution is 5.56. The number of aldehydes is 1. The first-order chi connectivity index (χ1) is 5.33. The third-order valence-corrected chi connectivity index (χ3v) is 2.76. The number of nitrogens with zero attached hydrogens (tertiary/aromatic N) is 1. The minimum Gasteiger partial charge on any atom is -0.376 e. The maximum absolute atomic E-state index is 10.6. The normalized spacial score (nSPS) is 44.3. The van der Waals surface area contributed by atoms with Gasteiger partial charge in [-0.25, -0.2) is 0 Å². The molecule has 0 N–H and O–H groups in total. The number of hydrogen-bond acceptors (Lipinski definition) is 3. The zero-order valence-corrected chi connectivity index (χ0v) is 6.69. The zero-order valence-electron chi connectivity index (χ0n) is 6.69. The predicted molar refractivity (Wildman–Crippen MR) is 40.3 cm³/mol. The Labute approximate surface area is 66.3 Å². The van der Waals surface area contributed by atoms with E-state index in [4.69, 9.17) is 4.74 Å². The molecule has 11 heavy (non-hydrogen) atoms. The number of rotatable bonds is 1. The van der Waals surface area contributed by atoms with E-state index in [-0.39, 0.29) is 12.0 Å². The highest BCUT2D eigenvalue weighted by Crippen LogP contribution is 2.30. The smallest absolute Gasteiger partial charge is 0.127 e. The lowest BCUT2D eigenvalue weighted by atomic mass is 10.0. The van der Waals surface area contributed by atoms with Crippen molar-refractivity contribution in [1.29, 1.82) is 0 Å². The van der Waals surface area contributed by atoms with Crippen LogP contribution in [0.3, 0.4) is 0 Å². The molecular formula is C8H13NO2. The fourth-order valence-electron chi connectivity index (χ4n) is 2.17. The van der Waals surface area contributed by atoms with Crippen LogP contribution in [-0.4, -0.2) is 43.5 Å². The summed E-state index contributed by atoms with van der Waals surface area (Å²) >= 11 is 0. The lowest BCUT2D eigenvalue weighted by Gasteiger charge is -2.15. The Morgan fingerprint density at radius 3 is 3.18 bits per heavy atom. The molecule has 0 aromatic heterocycles. The van der Waals surface area contributed by atoms with E-state index < -0.39 is 0 Å². The van der Waals surface area contributed by atoms with Crippen LogP contribution in [0.5, 0.6) is 0 Å². The van der Waals surface area contributed by atoms with Crippen LogP contribution in [0.4, 0.5) is 0 Å². The van der Waals surface area contributed by atoms with Crippen LogP contribution in [0.1, 0.15) is 6.42 Å². The Balaban J connectivity index is 2.13. The maximum atomic E-state index is 10.6. The molecule has 62 valence electrons. The highest BCUT2D eigenvalue weighted by Gasteiger charge is 2.43. The van der Waals surface area contributed by atoms with E-state index in [1.54, 1.807) is 0 Å². The van der Waals surface area contributed by atoms with Gasteiger partial charge in [0, 0.05) is 19.2 Å². The van der Waals surface area contributed by atoms with E-state index in [0.717, 1.165) is 25.9 Å². The van der Waals surface area contributed by atoms with Gasteiger partial charge in [-0.3, -0.25) is 4.90 Å². The van der Waals surface area contributed by atoms with Crippen molar-refractivity contribution in [3.05, 3.63) is 0 Å². The molecule has 0 saturated carbocycles. The van der Waals surface area contributed by atoms with Gasteiger partial charge in [0.15, 0.2) is 0 Å². The Kier molecular flexibility index (Phi) is 1.69. The van der Waals surface area contributed by atoms with Gasteiger partial charge in [0.2, 0.25) is 0 Å². The third kappa shape index (κ3) is 0.993. The van der Waals surface area contributed by atoms with Crippen LogP contribution in [0.2, 0.25) is 0 Å². The fourth-order valence-corrected chi connectivity index (χ4v) is 2.17. The number of ether oxygens (including phenoxy) is 1. The van der Waals surface area contributed by atoms with Gasteiger partial charge in [-0.1, -0.05) is 0 Å². The predicted octanol–water partition coefficient (Wildman–Crippen LogP) is -0.0956. The molecule has 3 nitrogen and oxygen atoms in total. The second kappa shape index (κ2) is 2.57. The van der Waals surface area contributed by atoms with Gasteiger partial charge in [0.1, 0.15) is 6.29 Å². The molecule has 3 unspecified atom stereocenters. The molecule has 3 atom stereocenters. The molecule has 0 spiro atoms. The van der Waals surface area contributed by atoms with E-state index >= 15 is 0 Å². The molecule has 0 aliphatic carbocycles. The average Bonchev–Trinajstić information content (AvgIpc) is 2.54. The number of carbonyl (C=O) groups excluding carboxylic acids is 1. The zero-order chi connectivity index (χ0) is 7.84. The van der Waals surface area contributed by atoms with E-state index in [1.807, 2.05) is 0 Å². The highest BCUT2D eigenvalue weighted by atomic mass is 16.5. The topological polar surface area (TPSA) is 29.5 Å². The molecule has 2 aliphatic heterocycles. The van der Waals surface area contributed by atoms with Gasteiger partial charge in [0.25, 0.3) is 0 Å². The molecule has 0 bridgehead atoms. The SMILES string of the molecule is CN1CC(C=O)C2OCCC21. The molecular weight excluding hydrogens is 142 g/mol. The summed E-state index contributed by atoms with van der Waals surface area (Å²) < 4.78 is 5.48. The van der Waals surface area contributed by atoms with Crippen molar-refractivity contribution in [1.82, 2.24) is 4.90 Å². The molecule has 0 amide bonds. The summed E-state index contributed by atoms with van der Waals surface area (Å²) in [6.45, 7) is 1.70. The van der Waals surface area contributed by atoms with Gasteiger partial charge in [0.05, 0.1) is 12.0 Å². The minimum absolute atomic E-state index is 0.118. The van der Waals surface area contributed by atoms with Gasteiger partial charge in [-0.05, 0) is 13.5 Å². The van der Waals surface area contributed by atoms with Crippen LogP contribution in [-0.2, 0) is 9.53 Å². The average molecular weight is 155 g/mol. The van der Waals surface area contributed by atoms with E-state index in [9.17, 15) is 4.79 Å². The second-order valence-corrected chi connectivity index (χ2v) is 3.43. The van der Waals surface area contributed by atoms with Crippen LogP contribution in [0, 0.1) is 5.92 Å². The number of hydrogen-bond donors (Lipinski definition) is 0. The summed E-state index contributed by atoms with van der Waals surface area (Å²) in [5, 5.41) is 0. The molecule has 0 radical (unpaired) electrons. The summed E-state index contributed by atoms with van der Waals surface area (Å²) in [6, 6.07) is 0.505. The Bertz CT molecular complexity index is 171. The summed E-state index contributed by atoms with van der Waals surface area (Å²) in [5.41, 5.74) is 0. The summed E-state index contributed by atoms with van der Waals surface area (Å²) in [4.78, 5) is 12.8.